The van der Waals surface area contributed by atoms with Gasteiger partial charge in [0.05, 0.1) is 22.2 Å². The second-order valence-electron chi connectivity index (χ2n) is 6.47. The summed E-state index contributed by atoms with van der Waals surface area (Å²) in [7, 11) is 0. The van der Waals surface area contributed by atoms with E-state index in [1.54, 1.807) is 29.3 Å². The van der Waals surface area contributed by atoms with Crippen molar-refractivity contribution in [2.24, 2.45) is 0 Å². The number of nitro groups is 1. The maximum absolute atomic E-state index is 12.5. The van der Waals surface area contributed by atoms with Crippen LogP contribution in [0, 0.1) is 10.1 Å². The van der Waals surface area contributed by atoms with E-state index in [9.17, 15) is 19.7 Å². The molecule has 142 valence electrons. The van der Waals surface area contributed by atoms with Gasteiger partial charge in [-0.15, -0.1) is 0 Å². The zero-order valence-electron chi connectivity index (χ0n) is 14.7. The number of nitro benzene ring substituents is 1. The number of benzene rings is 1. The van der Waals surface area contributed by atoms with Crippen LogP contribution in [0.3, 0.4) is 0 Å². The number of hydrogen-bond donors (Lipinski definition) is 2. The molecule has 0 bridgehead atoms. The summed E-state index contributed by atoms with van der Waals surface area (Å²) in [5.74, 6) is -0.175. The topological polar surface area (TPSA) is 134 Å². The normalized spacial score (nSPS) is 16.3. The van der Waals surface area contributed by atoms with Crippen LogP contribution >= 0.6 is 0 Å². The van der Waals surface area contributed by atoms with E-state index in [1.165, 1.54) is 18.5 Å². The third kappa shape index (κ3) is 3.27. The molecule has 1 fully saturated rings. The molecule has 1 amide bonds. The van der Waals surface area contributed by atoms with Crippen molar-refractivity contribution in [3.63, 3.8) is 0 Å². The van der Waals surface area contributed by atoms with Crippen molar-refractivity contribution < 1.29 is 9.72 Å². The second-order valence-corrected chi connectivity index (χ2v) is 6.47. The zero-order valence-corrected chi connectivity index (χ0v) is 14.7. The van der Waals surface area contributed by atoms with E-state index >= 15 is 0 Å². The summed E-state index contributed by atoms with van der Waals surface area (Å²) in [5, 5.41) is 14.7. The molecular formula is C18H16N6O4. The predicted molar refractivity (Wildman–Crippen MR) is 101 cm³/mol. The van der Waals surface area contributed by atoms with Gasteiger partial charge in [0.2, 0.25) is 0 Å². The van der Waals surface area contributed by atoms with Gasteiger partial charge in [0.1, 0.15) is 11.4 Å². The minimum atomic E-state index is -0.542. The molecule has 3 aromatic rings. The number of fused-ring (bicyclic) bond motifs is 1. The van der Waals surface area contributed by atoms with Crippen molar-refractivity contribution >= 4 is 28.2 Å². The molecule has 4 rings (SSSR count). The first-order valence-corrected chi connectivity index (χ1v) is 8.65. The Labute approximate surface area is 158 Å². The standard InChI is InChI=1S/C18H16N6O4/c25-17-12-7-16(24(27)28)15(8-14(12)20-10-21-17)22-11-4-6-23(9-11)18(26)13-3-1-2-5-19-13/h1-3,5,7-8,10-11,22H,4,6,9H2,(H,20,21,25). The van der Waals surface area contributed by atoms with E-state index < -0.39 is 10.5 Å². The lowest BCUT2D eigenvalue weighted by molar-refractivity contribution is -0.383. The van der Waals surface area contributed by atoms with Crippen LogP contribution in [-0.4, -0.2) is 49.8 Å². The maximum atomic E-state index is 12.5. The highest BCUT2D eigenvalue weighted by Gasteiger charge is 2.29. The number of amides is 1. The molecule has 1 saturated heterocycles. The van der Waals surface area contributed by atoms with Gasteiger partial charge < -0.3 is 15.2 Å². The van der Waals surface area contributed by atoms with E-state index in [4.69, 9.17) is 0 Å². The number of carbonyl (C=O) groups is 1. The Balaban J connectivity index is 1.57. The molecule has 1 aromatic carbocycles. The number of hydrogen-bond acceptors (Lipinski definition) is 7. The summed E-state index contributed by atoms with van der Waals surface area (Å²) in [6, 6.07) is 7.69. The monoisotopic (exact) mass is 380 g/mol. The van der Waals surface area contributed by atoms with E-state index in [1.807, 2.05) is 0 Å². The molecule has 28 heavy (non-hydrogen) atoms. The average molecular weight is 380 g/mol. The smallest absolute Gasteiger partial charge is 0.293 e. The molecule has 1 aliphatic rings. The fourth-order valence-electron chi connectivity index (χ4n) is 3.30. The van der Waals surface area contributed by atoms with Gasteiger partial charge in [0.25, 0.3) is 17.2 Å². The molecular weight excluding hydrogens is 364 g/mol. The summed E-state index contributed by atoms with van der Waals surface area (Å²) in [6.07, 6.45) is 3.45. The van der Waals surface area contributed by atoms with Gasteiger partial charge in [-0.25, -0.2) is 4.98 Å². The third-order valence-electron chi connectivity index (χ3n) is 4.67. The molecule has 0 spiro atoms. The van der Waals surface area contributed by atoms with Gasteiger partial charge in [0.15, 0.2) is 0 Å². The van der Waals surface area contributed by atoms with Crippen molar-refractivity contribution in [1.82, 2.24) is 19.9 Å². The highest BCUT2D eigenvalue weighted by Crippen LogP contribution is 2.29. The van der Waals surface area contributed by atoms with Crippen LogP contribution in [-0.2, 0) is 0 Å². The number of anilines is 1. The number of nitrogens with zero attached hydrogens (tertiary/aromatic N) is 4. The van der Waals surface area contributed by atoms with Crippen LogP contribution in [0.1, 0.15) is 16.9 Å². The molecule has 2 N–H and O–H groups in total. The number of nitrogens with one attached hydrogen (secondary N) is 2. The predicted octanol–water partition coefficient (Wildman–Crippen LogP) is 1.55. The molecule has 1 atom stereocenters. The largest absolute Gasteiger partial charge is 0.375 e. The lowest BCUT2D eigenvalue weighted by Crippen LogP contribution is -2.32. The molecule has 0 aliphatic carbocycles. The Morgan fingerprint density at radius 1 is 1.32 bits per heavy atom. The summed E-state index contributed by atoms with van der Waals surface area (Å²) in [5.41, 5.74) is 0.348. The first kappa shape index (κ1) is 17.6. The summed E-state index contributed by atoms with van der Waals surface area (Å²) >= 11 is 0. The van der Waals surface area contributed by atoms with Crippen molar-refractivity contribution in [2.75, 3.05) is 18.4 Å². The van der Waals surface area contributed by atoms with Gasteiger partial charge in [-0.05, 0) is 24.6 Å². The highest BCUT2D eigenvalue weighted by molar-refractivity contribution is 5.92. The molecule has 0 radical (unpaired) electrons. The molecule has 1 unspecified atom stereocenters. The van der Waals surface area contributed by atoms with Crippen molar-refractivity contribution in [3.05, 3.63) is 69.0 Å². The van der Waals surface area contributed by atoms with Gasteiger partial charge in [-0.3, -0.25) is 24.7 Å². The first-order valence-electron chi connectivity index (χ1n) is 8.65. The van der Waals surface area contributed by atoms with E-state index in [0.717, 1.165) is 0 Å². The number of pyridine rings is 1. The van der Waals surface area contributed by atoms with Gasteiger partial charge in [-0.2, -0.15) is 0 Å². The third-order valence-corrected chi connectivity index (χ3v) is 4.67. The van der Waals surface area contributed by atoms with Crippen molar-refractivity contribution in [3.8, 4) is 0 Å². The number of rotatable bonds is 4. The fourth-order valence-corrected chi connectivity index (χ4v) is 3.30. The quantitative estimate of drug-likeness (QED) is 0.518. The lowest BCUT2D eigenvalue weighted by Gasteiger charge is -2.17. The van der Waals surface area contributed by atoms with E-state index in [-0.39, 0.29) is 28.7 Å². The first-order chi connectivity index (χ1) is 13.5. The Morgan fingerprint density at radius 3 is 2.93 bits per heavy atom. The molecule has 3 heterocycles. The summed E-state index contributed by atoms with van der Waals surface area (Å²) in [4.78, 5) is 47.5. The minimum Gasteiger partial charge on any atom is -0.375 e. The maximum Gasteiger partial charge on any atom is 0.293 e. The van der Waals surface area contributed by atoms with Gasteiger partial charge in [0, 0.05) is 31.4 Å². The Bertz CT molecular complexity index is 1110. The van der Waals surface area contributed by atoms with Crippen molar-refractivity contribution in [1.29, 1.82) is 0 Å². The van der Waals surface area contributed by atoms with Crippen LogP contribution < -0.4 is 10.9 Å². The number of H-pyrrole nitrogens is 1. The Morgan fingerprint density at radius 2 is 2.18 bits per heavy atom. The SMILES string of the molecule is O=C(c1ccccn1)N1CCC(Nc2cc3nc[nH]c(=O)c3cc2[N+](=O)[O-])C1. The van der Waals surface area contributed by atoms with E-state index in [2.05, 4.69) is 20.3 Å². The lowest BCUT2D eigenvalue weighted by atomic mass is 10.1. The summed E-state index contributed by atoms with van der Waals surface area (Å²) < 4.78 is 0. The van der Waals surface area contributed by atoms with Crippen LogP contribution in [0.4, 0.5) is 11.4 Å². The van der Waals surface area contributed by atoms with Crippen LogP contribution in [0.2, 0.25) is 0 Å². The van der Waals surface area contributed by atoms with Gasteiger partial charge in [-0.1, -0.05) is 6.07 Å². The fraction of sp³-hybridized carbons (Fsp3) is 0.222. The minimum absolute atomic E-state index is 0.151. The van der Waals surface area contributed by atoms with Gasteiger partial charge >= 0.3 is 0 Å². The Kier molecular flexibility index (Phi) is 4.44. The second kappa shape index (κ2) is 7.06. The molecule has 0 saturated carbocycles. The number of carbonyl (C=O) groups excluding carboxylic acids is 1. The zero-order chi connectivity index (χ0) is 19.7. The molecule has 10 heteroatoms. The van der Waals surface area contributed by atoms with Crippen molar-refractivity contribution in [2.45, 2.75) is 12.5 Å². The Hall–Kier alpha value is -3.82. The number of likely N-dealkylation sites (tertiary alicyclic amines) is 1. The van der Waals surface area contributed by atoms with Crippen LogP contribution in [0.5, 0.6) is 0 Å². The van der Waals surface area contributed by atoms with Crippen LogP contribution in [0.25, 0.3) is 10.9 Å². The molecule has 2 aromatic heterocycles. The highest BCUT2D eigenvalue weighted by atomic mass is 16.6. The van der Waals surface area contributed by atoms with E-state index in [0.29, 0.717) is 30.7 Å². The summed E-state index contributed by atoms with van der Waals surface area (Å²) in [6.45, 7) is 0.916. The number of aromatic amines is 1. The number of aromatic nitrogens is 3. The van der Waals surface area contributed by atoms with Crippen LogP contribution in [0.15, 0.2) is 47.7 Å². The average Bonchev–Trinajstić information content (AvgIpc) is 3.16. The molecule has 10 nitrogen and oxygen atoms in total. The molecule has 1 aliphatic heterocycles.